The van der Waals surface area contributed by atoms with Crippen molar-refractivity contribution in [2.45, 2.75) is 66.7 Å². The van der Waals surface area contributed by atoms with Gasteiger partial charge in [0.05, 0.1) is 0 Å². The first-order valence-electron chi connectivity index (χ1n) is 11.7. The third-order valence-corrected chi connectivity index (χ3v) is 4.94. The van der Waals surface area contributed by atoms with Crippen molar-refractivity contribution in [3.8, 4) is 0 Å². The number of nitrogen functional groups attached to an aromatic ring is 1. The molecule has 0 radical (unpaired) electrons. The standard InChI is InChI=1S/C23H27N3.C6H14/c1-5-13-25-23(26-22-12-8-11-21(24)16-22)18(4)15-19(6-2)20-10-7-9-17(3)14-20;1-3-5-6-4-2/h5-14,16H,4,15,24H2,1-3H3,(H,25,26);3-6H2,1-2H3/b13-5-,19-6+;. The van der Waals surface area contributed by atoms with Crippen LogP contribution in [-0.2, 0) is 0 Å². The van der Waals surface area contributed by atoms with Crippen molar-refractivity contribution in [2.75, 3.05) is 11.1 Å². The monoisotopic (exact) mass is 431 g/mol. The lowest BCUT2D eigenvalue weighted by Crippen LogP contribution is -2.14. The number of aliphatic imine (C=N–C) groups is 1. The average molecular weight is 432 g/mol. The lowest BCUT2D eigenvalue weighted by atomic mass is 9.97. The lowest BCUT2D eigenvalue weighted by Gasteiger charge is -2.15. The number of nitrogens with two attached hydrogens (primary N) is 1. The minimum atomic E-state index is 0.708. The molecule has 0 bridgehead atoms. The summed E-state index contributed by atoms with van der Waals surface area (Å²) in [5.74, 6) is 0.737. The zero-order valence-corrected chi connectivity index (χ0v) is 20.6. The highest BCUT2D eigenvalue weighted by Gasteiger charge is 2.10. The molecule has 0 amide bonds. The number of nitrogens with zero attached hydrogens (tertiary/aromatic N) is 1. The molecule has 0 fully saturated rings. The third kappa shape index (κ3) is 10.3. The van der Waals surface area contributed by atoms with E-state index in [9.17, 15) is 0 Å². The van der Waals surface area contributed by atoms with Crippen LogP contribution in [0.25, 0.3) is 5.57 Å². The number of amidine groups is 1. The molecule has 3 nitrogen and oxygen atoms in total. The molecular weight excluding hydrogens is 390 g/mol. The van der Waals surface area contributed by atoms with Crippen molar-refractivity contribution in [2.24, 2.45) is 4.99 Å². The van der Waals surface area contributed by atoms with Crippen LogP contribution in [0.3, 0.4) is 0 Å². The van der Waals surface area contributed by atoms with E-state index in [2.05, 4.69) is 74.9 Å². The van der Waals surface area contributed by atoms with Crippen LogP contribution in [0.2, 0.25) is 0 Å². The second-order valence-electron chi connectivity index (χ2n) is 7.88. The van der Waals surface area contributed by atoms with Crippen molar-refractivity contribution in [1.29, 1.82) is 0 Å². The highest BCUT2D eigenvalue weighted by Crippen LogP contribution is 2.24. The largest absolute Gasteiger partial charge is 0.399 e. The van der Waals surface area contributed by atoms with E-state index in [4.69, 9.17) is 5.73 Å². The van der Waals surface area contributed by atoms with E-state index in [-0.39, 0.29) is 0 Å². The zero-order valence-electron chi connectivity index (χ0n) is 20.6. The number of nitrogens with one attached hydrogen (secondary N) is 1. The minimum absolute atomic E-state index is 0.708. The van der Waals surface area contributed by atoms with E-state index in [1.165, 1.54) is 42.4 Å². The van der Waals surface area contributed by atoms with Gasteiger partial charge in [-0.3, -0.25) is 0 Å². The number of hydrogen-bond donors (Lipinski definition) is 2. The van der Waals surface area contributed by atoms with Gasteiger partial charge in [-0.2, -0.15) is 0 Å². The Labute approximate surface area is 195 Å². The maximum Gasteiger partial charge on any atom is 0.133 e. The fourth-order valence-corrected chi connectivity index (χ4v) is 3.14. The van der Waals surface area contributed by atoms with E-state index in [1.807, 2.05) is 37.3 Å². The quantitative estimate of drug-likeness (QED) is 0.181. The number of aryl methyl sites for hydroxylation is 1. The van der Waals surface area contributed by atoms with Crippen molar-refractivity contribution >= 4 is 22.8 Å². The van der Waals surface area contributed by atoms with Gasteiger partial charge in [0.2, 0.25) is 0 Å². The Morgan fingerprint density at radius 2 is 1.72 bits per heavy atom. The fraction of sp³-hybridized carbons (Fsp3) is 0.345. The van der Waals surface area contributed by atoms with Crippen LogP contribution in [0.4, 0.5) is 11.4 Å². The van der Waals surface area contributed by atoms with Gasteiger partial charge < -0.3 is 11.1 Å². The predicted molar refractivity (Wildman–Crippen MR) is 145 cm³/mol. The second-order valence-corrected chi connectivity index (χ2v) is 7.88. The summed E-state index contributed by atoms with van der Waals surface area (Å²) in [7, 11) is 0. The molecule has 2 rings (SSSR count). The molecule has 0 heterocycles. The molecule has 0 aliphatic heterocycles. The van der Waals surface area contributed by atoms with E-state index in [0.717, 1.165) is 17.1 Å². The molecule has 172 valence electrons. The number of rotatable bonds is 9. The first-order valence-corrected chi connectivity index (χ1v) is 11.7. The molecule has 0 aromatic heterocycles. The topological polar surface area (TPSA) is 50.4 Å². The van der Waals surface area contributed by atoms with Gasteiger partial charge in [0.15, 0.2) is 0 Å². The van der Waals surface area contributed by atoms with E-state index >= 15 is 0 Å². The predicted octanol–water partition coefficient (Wildman–Crippen LogP) is 8.56. The number of unbranched alkanes of at least 4 members (excludes halogenated alkanes) is 3. The van der Waals surface area contributed by atoms with Crippen LogP contribution < -0.4 is 11.1 Å². The van der Waals surface area contributed by atoms with Crippen LogP contribution in [0.1, 0.15) is 70.9 Å². The van der Waals surface area contributed by atoms with Crippen LogP contribution in [0, 0.1) is 6.92 Å². The summed E-state index contributed by atoms with van der Waals surface area (Å²) < 4.78 is 0. The zero-order chi connectivity index (χ0) is 23.8. The van der Waals surface area contributed by atoms with Crippen molar-refractivity contribution in [1.82, 2.24) is 0 Å². The van der Waals surface area contributed by atoms with Gasteiger partial charge in [0.1, 0.15) is 5.84 Å². The molecule has 2 aromatic rings. The average Bonchev–Trinajstić information content (AvgIpc) is 2.79. The summed E-state index contributed by atoms with van der Waals surface area (Å²) in [5, 5.41) is 3.34. The van der Waals surface area contributed by atoms with Gasteiger partial charge in [0, 0.05) is 24.0 Å². The van der Waals surface area contributed by atoms with Crippen molar-refractivity contribution < 1.29 is 0 Å². The lowest BCUT2D eigenvalue weighted by molar-refractivity contribution is 0.702. The van der Waals surface area contributed by atoms with Crippen LogP contribution in [0.5, 0.6) is 0 Å². The second kappa shape index (κ2) is 15.7. The van der Waals surface area contributed by atoms with E-state index in [0.29, 0.717) is 12.1 Å². The smallest absolute Gasteiger partial charge is 0.133 e. The molecule has 0 aliphatic carbocycles. The fourth-order valence-electron chi connectivity index (χ4n) is 3.14. The highest BCUT2D eigenvalue weighted by molar-refractivity contribution is 6.09. The normalized spacial score (nSPS) is 11.8. The third-order valence-electron chi connectivity index (χ3n) is 4.94. The van der Waals surface area contributed by atoms with Crippen LogP contribution in [-0.4, -0.2) is 5.84 Å². The van der Waals surface area contributed by atoms with Gasteiger partial charge in [-0.1, -0.05) is 94.2 Å². The summed E-state index contributed by atoms with van der Waals surface area (Å²) in [5.41, 5.74) is 12.1. The molecule has 0 atom stereocenters. The van der Waals surface area contributed by atoms with Gasteiger partial charge in [-0.05, 0) is 55.7 Å². The number of allylic oxidation sites excluding steroid dienone is 3. The number of hydrogen-bond acceptors (Lipinski definition) is 2. The Balaban J connectivity index is 0.000000751. The SMILES string of the molecule is C=C(C/C(=C\C)c1cccc(C)c1)C(=N/C=C\C)Nc1cccc(N)c1.CCCCCC. The van der Waals surface area contributed by atoms with Crippen LogP contribution in [0.15, 0.2) is 84.0 Å². The first-order chi connectivity index (χ1) is 15.4. The Bertz CT molecular complexity index is 916. The van der Waals surface area contributed by atoms with Gasteiger partial charge in [-0.25, -0.2) is 4.99 Å². The number of benzene rings is 2. The first kappa shape index (κ1) is 27.0. The summed E-state index contributed by atoms with van der Waals surface area (Å²) in [4.78, 5) is 4.52. The van der Waals surface area contributed by atoms with E-state index < -0.39 is 0 Å². The molecular formula is C29H41N3. The Kier molecular flexibility index (Phi) is 13.2. The van der Waals surface area contributed by atoms with Gasteiger partial charge >= 0.3 is 0 Å². The van der Waals surface area contributed by atoms with E-state index in [1.54, 1.807) is 6.20 Å². The summed E-state index contributed by atoms with van der Waals surface area (Å²) >= 11 is 0. The molecule has 3 N–H and O–H groups in total. The molecule has 3 heteroatoms. The van der Waals surface area contributed by atoms with Crippen molar-refractivity contribution in [3.05, 3.63) is 90.2 Å². The Morgan fingerprint density at radius 1 is 1.03 bits per heavy atom. The molecule has 0 unspecified atom stereocenters. The highest BCUT2D eigenvalue weighted by atomic mass is 15.0. The molecule has 0 saturated carbocycles. The van der Waals surface area contributed by atoms with Crippen molar-refractivity contribution in [3.63, 3.8) is 0 Å². The van der Waals surface area contributed by atoms with Gasteiger partial charge in [-0.15, -0.1) is 0 Å². The molecule has 0 aliphatic rings. The summed E-state index contributed by atoms with van der Waals surface area (Å²) in [6.07, 6.45) is 12.0. The van der Waals surface area contributed by atoms with Crippen LogP contribution >= 0.6 is 0 Å². The molecule has 2 aromatic carbocycles. The summed E-state index contributed by atoms with van der Waals surface area (Å²) in [6, 6.07) is 16.1. The maximum atomic E-state index is 5.88. The minimum Gasteiger partial charge on any atom is -0.399 e. The molecule has 0 saturated heterocycles. The molecule has 32 heavy (non-hydrogen) atoms. The Hall–Kier alpha value is -3.07. The Morgan fingerprint density at radius 3 is 2.28 bits per heavy atom. The maximum absolute atomic E-state index is 5.88. The number of anilines is 2. The van der Waals surface area contributed by atoms with Gasteiger partial charge in [0.25, 0.3) is 0 Å². The summed E-state index contributed by atoms with van der Waals surface area (Å²) in [6.45, 7) is 14.8. The molecule has 0 spiro atoms.